The van der Waals surface area contributed by atoms with Gasteiger partial charge in [-0.1, -0.05) is 30.4 Å². The van der Waals surface area contributed by atoms with Crippen molar-refractivity contribution in [1.29, 1.82) is 0 Å². The maximum absolute atomic E-state index is 9.93. The Kier molecular flexibility index (Phi) is 2.84. The summed E-state index contributed by atoms with van der Waals surface area (Å²) < 4.78 is 0. The normalized spacial score (nSPS) is 27.2. The molecule has 1 rings (SSSR count). The van der Waals surface area contributed by atoms with Gasteiger partial charge in [-0.25, -0.2) is 0 Å². The van der Waals surface area contributed by atoms with E-state index in [-0.39, 0.29) is 5.76 Å². The van der Waals surface area contributed by atoms with Crippen molar-refractivity contribution >= 4 is 0 Å². The van der Waals surface area contributed by atoms with E-state index in [0.29, 0.717) is 0 Å². The van der Waals surface area contributed by atoms with Gasteiger partial charge in [-0.3, -0.25) is 4.84 Å². The van der Waals surface area contributed by atoms with Crippen LogP contribution in [-0.2, 0) is 4.84 Å². The largest absolute Gasteiger partial charge is 0.299 e. The van der Waals surface area contributed by atoms with Gasteiger partial charge in [0.2, 0.25) is 0 Å². The highest BCUT2D eigenvalue weighted by molar-refractivity contribution is 5.26. The Morgan fingerprint density at radius 3 is 2.58 bits per heavy atom. The molecule has 0 aromatic rings. The maximum atomic E-state index is 9.93. The van der Waals surface area contributed by atoms with E-state index in [4.69, 9.17) is 0 Å². The van der Waals surface area contributed by atoms with Crippen LogP contribution < -0.4 is 0 Å². The predicted octanol–water partition coefficient (Wildman–Crippen LogP) is 1.76. The van der Waals surface area contributed by atoms with Crippen LogP contribution >= 0.6 is 0 Å². The number of allylic oxidation sites excluding steroid dienone is 7. The second-order valence-electron chi connectivity index (χ2n) is 2.01. The summed E-state index contributed by atoms with van der Waals surface area (Å²) in [6, 6.07) is 0. The van der Waals surface area contributed by atoms with Crippen molar-refractivity contribution in [2.75, 3.05) is 0 Å². The van der Waals surface area contributed by atoms with Crippen LogP contribution in [0.1, 0.15) is 0 Å². The molecule has 1 aliphatic carbocycles. The van der Waals surface area contributed by atoms with Gasteiger partial charge >= 0.3 is 0 Å². The molecule has 12 heavy (non-hydrogen) atoms. The molecule has 0 spiro atoms. The summed E-state index contributed by atoms with van der Waals surface area (Å²) in [5, 5.41) is 9.09. The second kappa shape index (κ2) is 4.12. The molecule has 4 heteroatoms. The molecule has 0 bridgehead atoms. The topological polar surface area (TPSA) is 52.4 Å². The molecule has 0 unspecified atom stereocenters. The quantitative estimate of drug-likeness (QED) is 0.462. The van der Waals surface area contributed by atoms with Crippen LogP contribution in [0.15, 0.2) is 48.3 Å². The van der Waals surface area contributed by atoms with Crippen LogP contribution in [0.5, 0.6) is 0 Å². The van der Waals surface area contributed by atoms with Crippen LogP contribution in [-0.4, -0.2) is 5.09 Å². The van der Waals surface area contributed by atoms with E-state index in [0.717, 1.165) is 0 Å². The summed E-state index contributed by atoms with van der Waals surface area (Å²) >= 11 is 0. The third-order valence-corrected chi connectivity index (χ3v) is 1.15. The van der Waals surface area contributed by atoms with E-state index < -0.39 is 5.09 Å². The van der Waals surface area contributed by atoms with Gasteiger partial charge in [-0.05, 0) is 12.2 Å². The number of rotatable bonds is 2. The van der Waals surface area contributed by atoms with Crippen molar-refractivity contribution in [3.8, 4) is 0 Å². The summed E-state index contributed by atoms with van der Waals surface area (Å²) in [5.41, 5.74) is 0. The van der Waals surface area contributed by atoms with Crippen LogP contribution in [0.2, 0.25) is 0 Å². The smallest absolute Gasteiger partial charge is 0.276 e. The minimum Gasteiger partial charge on any atom is -0.276 e. The molecule has 0 saturated carbocycles. The van der Waals surface area contributed by atoms with Gasteiger partial charge < -0.3 is 0 Å². The van der Waals surface area contributed by atoms with E-state index in [9.17, 15) is 10.1 Å². The van der Waals surface area contributed by atoms with Crippen molar-refractivity contribution in [2.24, 2.45) is 0 Å². The molecule has 4 nitrogen and oxygen atoms in total. The molecule has 62 valence electrons. The standard InChI is InChI=1S/C8H7NO3/c10-9(11)12-8-6-4-2-1-3-5-7-8/h1-7H/b2-1-,3-1?,4-2?,5-3-,6-4-,7-5?,8-6?,8-7+. The van der Waals surface area contributed by atoms with Gasteiger partial charge in [0.05, 0.1) is 0 Å². The van der Waals surface area contributed by atoms with E-state index >= 15 is 0 Å². The van der Waals surface area contributed by atoms with Crippen molar-refractivity contribution in [2.45, 2.75) is 0 Å². The average molecular weight is 165 g/mol. The molecule has 0 amide bonds. The van der Waals surface area contributed by atoms with Crippen molar-refractivity contribution in [1.82, 2.24) is 0 Å². The highest BCUT2D eigenvalue weighted by atomic mass is 17.0. The zero-order chi connectivity index (χ0) is 8.81. The van der Waals surface area contributed by atoms with E-state index in [1.165, 1.54) is 12.2 Å². The second-order valence-corrected chi connectivity index (χ2v) is 2.01. The first kappa shape index (κ1) is 8.26. The predicted molar refractivity (Wildman–Crippen MR) is 43.6 cm³/mol. The molecular weight excluding hydrogens is 158 g/mol. The lowest BCUT2D eigenvalue weighted by Gasteiger charge is -1.96. The summed E-state index contributed by atoms with van der Waals surface area (Å²) in [6.07, 6.45) is 11.7. The number of nitrogens with zero attached hydrogens (tertiary/aromatic N) is 1. The lowest BCUT2D eigenvalue weighted by atomic mass is 10.3. The third kappa shape index (κ3) is 2.83. The van der Waals surface area contributed by atoms with Gasteiger partial charge in [-0.2, -0.15) is 0 Å². The SMILES string of the molecule is O=[N+]([O-])OC1=C/C=C\C=C/C=C\1. The first-order chi connectivity index (χ1) is 5.79. The lowest BCUT2D eigenvalue weighted by Crippen LogP contribution is -1.98. The van der Waals surface area contributed by atoms with Crippen molar-refractivity contribution < 1.29 is 9.92 Å². The van der Waals surface area contributed by atoms with Crippen molar-refractivity contribution in [3.63, 3.8) is 0 Å². The molecule has 0 aliphatic heterocycles. The fraction of sp³-hybridized carbons (Fsp3) is 0. The fourth-order valence-corrected chi connectivity index (χ4v) is 0.696. The highest BCUT2D eigenvalue weighted by Crippen LogP contribution is 2.02. The molecule has 0 fully saturated rings. The fourth-order valence-electron chi connectivity index (χ4n) is 0.696. The van der Waals surface area contributed by atoms with Crippen LogP contribution in [0.3, 0.4) is 0 Å². The Bertz CT molecular complexity index is 287. The monoisotopic (exact) mass is 165 g/mol. The number of hydrogen-bond acceptors (Lipinski definition) is 3. The number of hydrogen-bond donors (Lipinski definition) is 0. The minimum atomic E-state index is -0.838. The first-order valence-electron chi connectivity index (χ1n) is 3.33. The van der Waals surface area contributed by atoms with Crippen molar-refractivity contribution in [3.05, 3.63) is 58.4 Å². The molecule has 0 aromatic heterocycles. The van der Waals surface area contributed by atoms with Gasteiger partial charge in [0.1, 0.15) is 5.76 Å². The molecule has 1 aliphatic rings. The van der Waals surface area contributed by atoms with Gasteiger partial charge in [0, 0.05) is 0 Å². The Morgan fingerprint density at radius 1 is 1.17 bits per heavy atom. The summed E-state index contributed by atoms with van der Waals surface area (Å²) in [6.45, 7) is 0. The highest BCUT2D eigenvalue weighted by Gasteiger charge is 1.97. The van der Waals surface area contributed by atoms with Gasteiger partial charge in [0.15, 0.2) is 0 Å². The molecule has 0 N–H and O–H groups in total. The minimum absolute atomic E-state index is 0.209. The molecule has 0 saturated heterocycles. The molecule has 0 heterocycles. The van der Waals surface area contributed by atoms with Gasteiger partial charge in [-0.15, -0.1) is 10.1 Å². The van der Waals surface area contributed by atoms with E-state index in [1.54, 1.807) is 24.3 Å². The Morgan fingerprint density at radius 2 is 1.83 bits per heavy atom. The van der Waals surface area contributed by atoms with Crippen LogP contribution in [0.25, 0.3) is 0 Å². The maximum Gasteiger partial charge on any atom is 0.299 e. The zero-order valence-electron chi connectivity index (χ0n) is 6.21. The Hall–Kier alpha value is -1.84. The summed E-state index contributed by atoms with van der Waals surface area (Å²) in [5.74, 6) is 0.209. The van der Waals surface area contributed by atoms with Crippen LogP contribution in [0, 0.1) is 10.1 Å². The van der Waals surface area contributed by atoms with Gasteiger partial charge in [0.25, 0.3) is 5.09 Å². The first-order valence-corrected chi connectivity index (χ1v) is 3.33. The van der Waals surface area contributed by atoms with E-state index in [2.05, 4.69) is 4.84 Å². The summed E-state index contributed by atoms with van der Waals surface area (Å²) in [7, 11) is 0. The average Bonchev–Trinajstić information content (AvgIpc) is 1.93. The Balaban J connectivity index is 2.69. The summed E-state index contributed by atoms with van der Waals surface area (Å²) in [4.78, 5) is 14.2. The molecule has 0 atom stereocenters. The Labute approximate surface area is 69.3 Å². The molecule has 0 aromatic carbocycles. The third-order valence-electron chi connectivity index (χ3n) is 1.15. The molecular formula is C8H7NO3. The molecule has 0 radical (unpaired) electrons. The van der Waals surface area contributed by atoms with Crippen LogP contribution in [0.4, 0.5) is 0 Å². The zero-order valence-corrected chi connectivity index (χ0v) is 6.21. The van der Waals surface area contributed by atoms with E-state index in [1.807, 2.05) is 6.08 Å². The lowest BCUT2D eigenvalue weighted by molar-refractivity contribution is -0.741.